The number of benzene rings is 2. The number of fused-ring (bicyclic) bond motifs is 6. The van der Waals surface area contributed by atoms with Gasteiger partial charge in [0.15, 0.2) is 11.9 Å². The normalized spacial score (nSPS) is 25.5. The van der Waals surface area contributed by atoms with Crippen LogP contribution < -0.4 is 32.7 Å². The van der Waals surface area contributed by atoms with Crippen LogP contribution in [-0.4, -0.2) is 57.0 Å². The monoisotopic (exact) mass is 726 g/mol. The lowest BCUT2D eigenvalue weighted by atomic mass is 9.58. The molecule has 286 valence electrons. The van der Waals surface area contributed by atoms with Crippen molar-refractivity contribution in [2.75, 3.05) is 13.1 Å². The number of guanidine groups is 2. The van der Waals surface area contributed by atoms with Crippen molar-refractivity contribution in [1.82, 2.24) is 21.3 Å². The first-order valence-electron chi connectivity index (χ1n) is 19.8. The van der Waals surface area contributed by atoms with E-state index < -0.39 is 12.5 Å². The summed E-state index contributed by atoms with van der Waals surface area (Å²) >= 11 is 0. The van der Waals surface area contributed by atoms with Gasteiger partial charge >= 0.3 is 7.69 Å². The zero-order chi connectivity index (χ0) is 37.3. The Balaban J connectivity index is 1.05. The molecule has 0 aliphatic heterocycles. The van der Waals surface area contributed by atoms with Crippen LogP contribution in [0.2, 0.25) is 0 Å². The van der Waals surface area contributed by atoms with Crippen LogP contribution in [-0.2, 0) is 20.1 Å². The first-order chi connectivity index (χ1) is 25.6. The van der Waals surface area contributed by atoms with Crippen molar-refractivity contribution in [3.63, 3.8) is 0 Å². The molecule has 2 amide bonds. The quantitative estimate of drug-likeness (QED) is 0.0353. The summed E-state index contributed by atoms with van der Waals surface area (Å²) in [5.74, 6) is 1.07. The summed E-state index contributed by atoms with van der Waals surface area (Å²) in [6, 6.07) is 16.1. The van der Waals surface area contributed by atoms with Crippen LogP contribution in [0.25, 0.3) is 0 Å². The van der Waals surface area contributed by atoms with Gasteiger partial charge in [-0.05, 0) is 161 Å². The molecule has 0 heterocycles. The van der Waals surface area contributed by atoms with E-state index in [0.29, 0.717) is 49.9 Å². The third kappa shape index (κ3) is 10.1. The maximum Gasteiger partial charge on any atom is 0.441 e. The lowest BCUT2D eigenvalue weighted by Crippen LogP contribution is -2.42. The smallest absolute Gasteiger partial charge is 0.393 e. The van der Waals surface area contributed by atoms with Crippen molar-refractivity contribution >= 4 is 31.4 Å². The molecule has 2 atom stereocenters. The standard InChI is InChI=1S/C40H59BN8O4/c42-37(43)46-25-1-3-33(48-35(50)29-5-9-31(10-6-29)39-19-13-27(14-20-39)15-21-39)52-41-53-34(4-2-26-47-38(44)45)49-36(51)30-7-11-32(12-8-30)40-22-16-28(17-23-40)18-24-40/h5-12,27-28,33-34,41H,1-4,13-26H2,(H,48,50)(H,49,51)(H4,42,43,46)(H4,44,45,47). The SMILES string of the molecule is N=C(N)NCCCC(NC(=O)c1ccc(C23CCC(CC2)CC3)cc1)OBOC(CCCNC(=N)N)NC(=O)c1ccc(C23CCC(CC2)CC3)cc1. The van der Waals surface area contributed by atoms with Gasteiger partial charge in [0, 0.05) is 24.2 Å². The number of nitrogens with two attached hydrogens (primary N) is 2. The van der Waals surface area contributed by atoms with E-state index >= 15 is 0 Å². The highest BCUT2D eigenvalue weighted by atomic mass is 16.6. The second-order valence-electron chi connectivity index (χ2n) is 16.0. The Bertz CT molecular complexity index is 1410. The van der Waals surface area contributed by atoms with E-state index in [1.165, 1.54) is 88.2 Å². The van der Waals surface area contributed by atoms with Gasteiger partial charge in [-0.15, -0.1) is 0 Å². The van der Waals surface area contributed by atoms with Crippen LogP contribution >= 0.6 is 0 Å². The van der Waals surface area contributed by atoms with E-state index in [-0.39, 0.29) is 42.2 Å². The molecular weight excluding hydrogens is 667 g/mol. The van der Waals surface area contributed by atoms with Crippen LogP contribution in [0.5, 0.6) is 0 Å². The highest BCUT2D eigenvalue weighted by molar-refractivity contribution is 6.18. The van der Waals surface area contributed by atoms with E-state index in [9.17, 15) is 9.59 Å². The van der Waals surface area contributed by atoms with Crippen LogP contribution in [0.1, 0.15) is 135 Å². The number of rotatable bonds is 18. The molecule has 13 heteroatoms. The summed E-state index contributed by atoms with van der Waals surface area (Å²) in [5.41, 5.74) is 15.2. The molecule has 6 saturated carbocycles. The second-order valence-corrected chi connectivity index (χ2v) is 16.0. The van der Waals surface area contributed by atoms with Crippen LogP contribution in [0.4, 0.5) is 0 Å². The first-order valence-corrected chi connectivity index (χ1v) is 19.8. The number of carbonyl (C=O) groups is 2. The van der Waals surface area contributed by atoms with Gasteiger partial charge in [-0.3, -0.25) is 20.4 Å². The fraction of sp³-hybridized carbons (Fsp3) is 0.600. The Morgan fingerprint density at radius 1 is 0.642 bits per heavy atom. The molecule has 0 aromatic heterocycles. The maximum absolute atomic E-state index is 13.4. The van der Waals surface area contributed by atoms with Gasteiger partial charge in [0.05, 0.1) is 0 Å². The lowest BCUT2D eigenvalue weighted by molar-refractivity contribution is 0.0600. The Hall–Kier alpha value is -4.10. The van der Waals surface area contributed by atoms with Crippen molar-refractivity contribution in [1.29, 1.82) is 10.8 Å². The van der Waals surface area contributed by atoms with E-state index in [0.717, 1.165) is 11.8 Å². The number of hydrogen-bond acceptors (Lipinski definition) is 6. The molecule has 0 radical (unpaired) electrons. The summed E-state index contributed by atoms with van der Waals surface area (Å²) < 4.78 is 12.2. The Labute approximate surface area is 315 Å². The number of carbonyl (C=O) groups excluding carboxylic acids is 2. The third-order valence-corrected chi connectivity index (χ3v) is 12.7. The lowest BCUT2D eigenvalue weighted by Gasteiger charge is -2.47. The van der Waals surface area contributed by atoms with Crippen LogP contribution in [0, 0.1) is 22.7 Å². The Morgan fingerprint density at radius 2 is 0.981 bits per heavy atom. The summed E-state index contributed by atoms with van der Waals surface area (Å²) in [5, 5.41) is 26.5. The molecule has 8 rings (SSSR count). The molecule has 53 heavy (non-hydrogen) atoms. The molecule has 0 spiro atoms. The largest absolute Gasteiger partial charge is 0.441 e. The maximum atomic E-state index is 13.4. The van der Waals surface area contributed by atoms with Gasteiger partial charge in [-0.1, -0.05) is 24.3 Å². The van der Waals surface area contributed by atoms with Gasteiger partial charge in [-0.2, -0.15) is 0 Å². The Morgan fingerprint density at radius 3 is 1.30 bits per heavy atom. The summed E-state index contributed by atoms with van der Waals surface area (Å²) in [6.07, 6.45) is 15.9. The van der Waals surface area contributed by atoms with Crippen LogP contribution in [0.3, 0.4) is 0 Å². The van der Waals surface area contributed by atoms with Crippen molar-refractivity contribution in [2.45, 2.75) is 126 Å². The molecule has 6 fully saturated rings. The molecule has 2 aromatic carbocycles. The van der Waals surface area contributed by atoms with Crippen molar-refractivity contribution in [3.05, 3.63) is 70.8 Å². The minimum absolute atomic E-state index is 0.117. The number of nitrogens with one attached hydrogen (secondary N) is 6. The molecule has 12 nitrogen and oxygen atoms in total. The fourth-order valence-corrected chi connectivity index (χ4v) is 9.39. The average molecular weight is 727 g/mol. The zero-order valence-corrected chi connectivity index (χ0v) is 31.2. The van der Waals surface area contributed by atoms with E-state index in [2.05, 4.69) is 45.5 Å². The van der Waals surface area contributed by atoms with Gasteiger partial charge in [0.25, 0.3) is 11.8 Å². The minimum atomic E-state index is -0.680. The molecule has 6 aliphatic carbocycles. The predicted octanol–water partition coefficient (Wildman–Crippen LogP) is 4.77. The van der Waals surface area contributed by atoms with Gasteiger partial charge in [0.2, 0.25) is 0 Å². The number of hydrogen-bond donors (Lipinski definition) is 8. The number of amides is 2. The highest BCUT2D eigenvalue weighted by Gasteiger charge is 2.42. The van der Waals surface area contributed by atoms with Crippen molar-refractivity contribution in [3.8, 4) is 0 Å². The molecule has 0 saturated heterocycles. The predicted molar refractivity (Wildman–Crippen MR) is 209 cm³/mol. The van der Waals surface area contributed by atoms with Gasteiger partial charge in [-0.25, -0.2) is 0 Å². The molecule has 4 bridgehead atoms. The molecular formula is C40H59BN8O4. The topological polar surface area (TPSA) is 200 Å². The van der Waals surface area contributed by atoms with Crippen molar-refractivity contribution in [2.24, 2.45) is 23.3 Å². The highest BCUT2D eigenvalue weighted by Crippen LogP contribution is 2.52. The summed E-state index contributed by atoms with van der Waals surface area (Å²) in [4.78, 5) is 26.9. The third-order valence-electron chi connectivity index (χ3n) is 12.7. The molecule has 2 unspecified atom stereocenters. The van der Waals surface area contributed by atoms with E-state index in [1.807, 2.05) is 24.3 Å². The van der Waals surface area contributed by atoms with Gasteiger partial charge in [0.1, 0.15) is 12.5 Å². The Kier molecular flexibility index (Phi) is 13.0. The van der Waals surface area contributed by atoms with Gasteiger partial charge < -0.3 is 42.0 Å². The van der Waals surface area contributed by atoms with E-state index in [4.69, 9.17) is 31.6 Å². The molecule has 6 aliphatic rings. The second kappa shape index (κ2) is 17.8. The minimum Gasteiger partial charge on any atom is -0.393 e. The average Bonchev–Trinajstić information content (AvgIpc) is 3.19. The molecule has 2 aromatic rings. The summed E-state index contributed by atoms with van der Waals surface area (Å²) in [6.45, 7) is 0.900. The van der Waals surface area contributed by atoms with E-state index in [1.54, 1.807) is 0 Å². The van der Waals surface area contributed by atoms with Crippen molar-refractivity contribution < 1.29 is 18.9 Å². The molecule has 10 N–H and O–H groups in total. The fourth-order valence-electron chi connectivity index (χ4n) is 9.39. The summed E-state index contributed by atoms with van der Waals surface area (Å²) in [7, 11) is -0.179. The van der Waals surface area contributed by atoms with Crippen LogP contribution in [0.15, 0.2) is 48.5 Å². The zero-order valence-electron chi connectivity index (χ0n) is 31.2. The first kappa shape index (κ1) is 38.6.